The van der Waals surface area contributed by atoms with E-state index in [1.54, 1.807) is 0 Å². The van der Waals surface area contributed by atoms with Gasteiger partial charge in [0.1, 0.15) is 0 Å². The van der Waals surface area contributed by atoms with Gasteiger partial charge >= 0.3 is 0 Å². The minimum atomic E-state index is -0.266. The van der Waals surface area contributed by atoms with Crippen LogP contribution in [0.1, 0.15) is 44.9 Å². The number of terminal acetylenes is 1. The van der Waals surface area contributed by atoms with E-state index in [4.69, 9.17) is 12.2 Å². The van der Waals surface area contributed by atoms with Gasteiger partial charge in [0.25, 0.3) is 0 Å². The minimum absolute atomic E-state index is 0.241. The fraction of sp³-hybridized carbons (Fsp3) is 0.913. The Balaban J connectivity index is 1.94. The van der Waals surface area contributed by atoms with Crippen molar-refractivity contribution >= 4 is 0 Å². The van der Waals surface area contributed by atoms with Gasteiger partial charge in [-0.05, 0) is 12.8 Å². The zero-order valence-corrected chi connectivity index (χ0v) is 19.1. The maximum atomic E-state index is 6.67. The SMILES string of the molecule is C#CCCCCCCCC12CNCCNCC(N)(CNCCNC1)CNCCNC2. The normalized spacial score (nSPS) is 30.3. The third-order valence-corrected chi connectivity index (χ3v) is 6.40. The predicted molar refractivity (Wildman–Crippen MR) is 128 cm³/mol. The summed E-state index contributed by atoms with van der Waals surface area (Å²) in [4.78, 5) is 0. The molecule has 3 aliphatic rings. The molecule has 0 aromatic carbocycles. The van der Waals surface area contributed by atoms with Crippen molar-refractivity contribution in [2.24, 2.45) is 11.1 Å². The van der Waals surface area contributed by atoms with Gasteiger partial charge in [0.05, 0.1) is 5.54 Å². The standard InChI is InChI=1S/C23H47N7/c1-2-3-4-5-6-7-8-9-22-16-25-10-13-28-19-23(24,20-29-14-11-26-17-22)21-30-15-12-27-18-22/h1,25-30H,3-21,24H2. The van der Waals surface area contributed by atoms with Gasteiger partial charge in [-0.3, -0.25) is 0 Å². The molecule has 30 heavy (non-hydrogen) atoms. The van der Waals surface area contributed by atoms with E-state index in [9.17, 15) is 0 Å². The first kappa shape index (κ1) is 25.5. The molecular weight excluding hydrogens is 374 g/mol. The zero-order chi connectivity index (χ0) is 21.4. The molecule has 7 nitrogen and oxygen atoms in total. The van der Waals surface area contributed by atoms with Crippen LogP contribution in [0.5, 0.6) is 0 Å². The quantitative estimate of drug-likeness (QED) is 0.222. The number of nitrogens with one attached hydrogen (secondary N) is 6. The predicted octanol–water partition coefficient (Wildman–Crippen LogP) is -0.401. The molecule has 0 radical (unpaired) electrons. The summed E-state index contributed by atoms with van der Waals surface area (Å²) in [5.41, 5.74) is 6.65. The average molecular weight is 422 g/mol. The van der Waals surface area contributed by atoms with Crippen molar-refractivity contribution in [2.45, 2.75) is 50.5 Å². The first-order valence-electron chi connectivity index (χ1n) is 12.1. The van der Waals surface area contributed by atoms with Gasteiger partial charge in [0, 0.05) is 90.4 Å². The molecule has 0 spiro atoms. The molecule has 3 fully saturated rings. The summed E-state index contributed by atoms with van der Waals surface area (Å²) in [5.74, 6) is 2.75. The molecule has 0 aromatic heterocycles. The molecule has 174 valence electrons. The van der Waals surface area contributed by atoms with Gasteiger partial charge in [0.15, 0.2) is 0 Å². The highest BCUT2D eigenvalue weighted by Crippen LogP contribution is 2.24. The Kier molecular flexibility index (Phi) is 12.9. The molecule has 0 aromatic rings. The van der Waals surface area contributed by atoms with Crippen molar-refractivity contribution in [1.82, 2.24) is 31.9 Å². The van der Waals surface area contributed by atoms with Crippen LogP contribution in [0.15, 0.2) is 0 Å². The summed E-state index contributed by atoms with van der Waals surface area (Å²) in [7, 11) is 0. The van der Waals surface area contributed by atoms with Crippen LogP contribution >= 0.6 is 0 Å². The second-order valence-electron chi connectivity index (χ2n) is 9.39. The van der Waals surface area contributed by atoms with Crippen LogP contribution in [0.4, 0.5) is 0 Å². The minimum Gasteiger partial charge on any atom is -0.322 e. The maximum Gasteiger partial charge on any atom is 0.0533 e. The van der Waals surface area contributed by atoms with Gasteiger partial charge in [0.2, 0.25) is 0 Å². The molecule has 0 unspecified atom stereocenters. The molecule has 0 amide bonds. The van der Waals surface area contributed by atoms with E-state index in [2.05, 4.69) is 37.8 Å². The fourth-order valence-corrected chi connectivity index (χ4v) is 4.50. The lowest BCUT2D eigenvalue weighted by molar-refractivity contribution is 0.216. The Morgan fingerprint density at radius 1 is 0.600 bits per heavy atom. The molecule has 7 heteroatoms. The van der Waals surface area contributed by atoms with Crippen LogP contribution in [0, 0.1) is 17.8 Å². The topological polar surface area (TPSA) is 98.2 Å². The van der Waals surface area contributed by atoms with Crippen LogP contribution in [0.3, 0.4) is 0 Å². The van der Waals surface area contributed by atoms with Crippen LogP contribution in [-0.2, 0) is 0 Å². The summed E-state index contributed by atoms with van der Waals surface area (Å²) >= 11 is 0. The highest BCUT2D eigenvalue weighted by atomic mass is 15.1. The lowest BCUT2D eigenvalue weighted by atomic mass is 9.81. The molecule has 2 bridgehead atoms. The number of hydrogen-bond acceptors (Lipinski definition) is 7. The molecule has 0 atom stereocenters. The van der Waals surface area contributed by atoms with Crippen LogP contribution in [0.25, 0.3) is 0 Å². The highest BCUT2D eigenvalue weighted by Gasteiger charge is 2.30. The Morgan fingerprint density at radius 2 is 1.00 bits per heavy atom. The molecule has 3 heterocycles. The number of nitrogens with two attached hydrogens (primary N) is 1. The maximum absolute atomic E-state index is 6.67. The fourth-order valence-electron chi connectivity index (χ4n) is 4.50. The van der Waals surface area contributed by atoms with E-state index < -0.39 is 0 Å². The van der Waals surface area contributed by atoms with Crippen LogP contribution in [0.2, 0.25) is 0 Å². The van der Waals surface area contributed by atoms with Crippen molar-refractivity contribution in [3.63, 3.8) is 0 Å². The largest absolute Gasteiger partial charge is 0.322 e. The van der Waals surface area contributed by atoms with Crippen LogP contribution in [-0.4, -0.2) is 84.1 Å². The van der Waals surface area contributed by atoms with Crippen molar-refractivity contribution < 1.29 is 0 Å². The van der Waals surface area contributed by atoms with Gasteiger partial charge in [-0.1, -0.05) is 25.7 Å². The van der Waals surface area contributed by atoms with E-state index >= 15 is 0 Å². The van der Waals surface area contributed by atoms with Crippen LogP contribution < -0.4 is 37.6 Å². The van der Waals surface area contributed by atoms with E-state index in [1.807, 2.05) is 0 Å². The highest BCUT2D eigenvalue weighted by molar-refractivity contribution is 4.93. The van der Waals surface area contributed by atoms with E-state index in [0.717, 1.165) is 85.0 Å². The van der Waals surface area contributed by atoms with E-state index in [0.29, 0.717) is 0 Å². The Hall–Kier alpha value is -0.720. The first-order valence-corrected chi connectivity index (χ1v) is 12.1. The summed E-state index contributed by atoms with van der Waals surface area (Å²) in [6.45, 7) is 11.4. The molecule has 3 saturated heterocycles. The Labute approximate surface area is 184 Å². The molecule has 3 rings (SSSR count). The smallest absolute Gasteiger partial charge is 0.0533 e. The molecular formula is C23H47N7. The van der Waals surface area contributed by atoms with E-state index in [1.165, 1.54) is 38.5 Å². The van der Waals surface area contributed by atoms with Gasteiger partial charge < -0.3 is 37.6 Å². The Bertz CT molecular complexity index is 433. The molecule has 8 N–H and O–H groups in total. The number of hydrogen-bond donors (Lipinski definition) is 7. The van der Waals surface area contributed by atoms with Crippen molar-refractivity contribution in [2.75, 3.05) is 78.5 Å². The molecule has 0 saturated carbocycles. The number of rotatable bonds is 7. The monoisotopic (exact) mass is 421 g/mol. The number of unbranched alkanes of at least 4 members (excludes halogenated alkanes) is 5. The zero-order valence-electron chi connectivity index (χ0n) is 19.1. The third kappa shape index (κ3) is 10.5. The second-order valence-corrected chi connectivity index (χ2v) is 9.39. The second kappa shape index (κ2) is 15.1. The average Bonchev–Trinajstić information content (AvgIpc) is 2.74. The summed E-state index contributed by atoms with van der Waals surface area (Å²) in [5, 5.41) is 21.9. The lowest BCUT2D eigenvalue weighted by Crippen LogP contribution is -2.62. The summed E-state index contributed by atoms with van der Waals surface area (Å²) < 4.78 is 0. The first-order chi connectivity index (χ1) is 14.7. The van der Waals surface area contributed by atoms with Gasteiger partial charge in [-0.15, -0.1) is 12.3 Å². The van der Waals surface area contributed by atoms with Gasteiger partial charge in [-0.2, -0.15) is 0 Å². The molecule has 0 aliphatic carbocycles. The van der Waals surface area contributed by atoms with Crippen molar-refractivity contribution in [3.05, 3.63) is 0 Å². The Morgan fingerprint density at radius 3 is 1.47 bits per heavy atom. The molecule has 3 aliphatic heterocycles. The summed E-state index contributed by atoms with van der Waals surface area (Å²) in [6.07, 6.45) is 13.8. The van der Waals surface area contributed by atoms with Crippen molar-refractivity contribution in [1.29, 1.82) is 0 Å². The van der Waals surface area contributed by atoms with Crippen molar-refractivity contribution in [3.8, 4) is 12.3 Å². The lowest BCUT2D eigenvalue weighted by Gasteiger charge is -2.37. The number of fused-ring (bicyclic) bond motifs is 15. The summed E-state index contributed by atoms with van der Waals surface area (Å²) in [6, 6.07) is 0. The van der Waals surface area contributed by atoms with E-state index in [-0.39, 0.29) is 11.0 Å². The van der Waals surface area contributed by atoms with Gasteiger partial charge in [-0.25, -0.2) is 0 Å². The third-order valence-electron chi connectivity index (χ3n) is 6.40.